The lowest BCUT2D eigenvalue weighted by atomic mass is 10.2. The van der Waals surface area contributed by atoms with Gasteiger partial charge in [0.25, 0.3) is 5.91 Å². The predicted octanol–water partition coefficient (Wildman–Crippen LogP) is 0.952. The van der Waals surface area contributed by atoms with Crippen molar-refractivity contribution in [1.29, 1.82) is 0 Å². The van der Waals surface area contributed by atoms with Crippen LogP contribution in [0.25, 0.3) is 0 Å². The minimum Gasteiger partial charge on any atom is -0.507 e. The SMILES string of the molecule is C#CCNC(=O)COC(=O)c1cc(Cl)ccc1O. The minimum absolute atomic E-state index is 0.0544. The number of aromatic hydroxyl groups is 1. The van der Waals surface area contributed by atoms with Crippen LogP contribution in [0.1, 0.15) is 10.4 Å². The third-order valence-electron chi connectivity index (χ3n) is 1.90. The Kier molecular flexibility index (Phi) is 5.03. The number of phenolic OH excluding ortho intramolecular Hbond substituents is 1. The molecule has 94 valence electrons. The van der Waals surface area contributed by atoms with Crippen LogP contribution in [0.5, 0.6) is 5.75 Å². The number of carbonyl (C=O) groups is 2. The Bertz CT molecular complexity index is 507. The van der Waals surface area contributed by atoms with E-state index in [2.05, 4.69) is 16.0 Å². The molecule has 0 unspecified atom stereocenters. The number of hydrogen-bond acceptors (Lipinski definition) is 4. The third kappa shape index (κ3) is 4.00. The summed E-state index contributed by atoms with van der Waals surface area (Å²) in [5.74, 6) is 0.568. The van der Waals surface area contributed by atoms with Crippen molar-refractivity contribution < 1.29 is 19.4 Å². The molecule has 0 radical (unpaired) electrons. The first-order valence-electron chi connectivity index (χ1n) is 4.90. The van der Waals surface area contributed by atoms with E-state index >= 15 is 0 Å². The van der Waals surface area contributed by atoms with Gasteiger partial charge in [-0.2, -0.15) is 0 Å². The van der Waals surface area contributed by atoms with Crippen LogP contribution in [-0.4, -0.2) is 30.1 Å². The highest BCUT2D eigenvalue weighted by molar-refractivity contribution is 6.31. The Morgan fingerprint density at radius 1 is 1.50 bits per heavy atom. The van der Waals surface area contributed by atoms with E-state index in [1.165, 1.54) is 18.2 Å². The molecule has 1 aromatic carbocycles. The molecule has 0 atom stereocenters. The van der Waals surface area contributed by atoms with Gasteiger partial charge in [0, 0.05) is 5.02 Å². The Balaban J connectivity index is 2.58. The normalized spacial score (nSPS) is 9.33. The molecule has 1 amide bonds. The zero-order chi connectivity index (χ0) is 13.5. The molecule has 1 rings (SSSR count). The van der Waals surface area contributed by atoms with Crippen molar-refractivity contribution in [3.8, 4) is 18.1 Å². The van der Waals surface area contributed by atoms with Crippen molar-refractivity contribution in [2.24, 2.45) is 0 Å². The summed E-state index contributed by atoms with van der Waals surface area (Å²) < 4.78 is 4.68. The van der Waals surface area contributed by atoms with E-state index in [-0.39, 0.29) is 22.9 Å². The Morgan fingerprint density at radius 3 is 2.89 bits per heavy atom. The lowest BCUT2D eigenvalue weighted by Crippen LogP contribution is -2.29. The number of esters is 1. The molecule has 0 spiro atoms. The van der Waals surface area contributed by atoms with E-state index in [1.807, 2.05) is 0 Å². The first-order chi connectivity index (χ1) is 8.54. The molecule has 0 bridgehead atoms. The third-order valence-corrected chi connectivity index (χ3v) is 2.14. The average molecular weight is 268 g/mol. The van der Waals surface area contributed by atoms with Gasteiger partial charge in [0.15, 0.2) is 6.61 Å². The number of benzene rings is 1. The maximum Gasteiger partial charge on any atom is 0.342 e. The number of terminal acetylenes is 1. The van der Waals surface area contributed by atoms with Crippen molar-refractivity contribution in [3.63, 3.8) is 0 Å². The summed E-state index contributed by atoms with van der Waals surface area (Å²) >= 11 is 5.67. The molecular formula is C12H10ClNO4. The van der Waals surface area contributed by atoms with Gasteiger partial charge in [-0.3, -0.25) is 4.79 Å². The number of halogens is 1. The van der Waals surface area contributed by atoms with E-state index in [9.17, 15) is 14.7 Å². The molecule has 1 aromatic rings. The quantitative estimate of drug-likeness (QED) is 0.629. The average Bonchev–Trinajstić information content (AvgIpc) is 2.36. The van der Waals surface area contributed by atoms with Crippen LogP contribution >= 0.6 is 11.6 Å². The molecule has 2 N–H and O–H groups in total. The van der Waals surface area contributed by atoms with Crippen LogP contribution in [0.3, 0.4) is 0 Å². The fourth-order valence-electron chi connectivity index (χ4n) is 1.08. The van der Waals surface area contributed by atoms with Crippen LogP contribution in [0.15, 0.2) is 18.2 Å². The van der Waals surface area contributed by atoms with Crippen LogP contribution in [0, 0.1) is 12.3 Å². The second-order valence-corrected chi connectivity index (χ2v) is 3.65. The zero-order valence-corrected chi connectivity index (χ0v) is 10.0. The van der Waals surface area contributed by atoms with Gasteiger partial charge >= 0.3 is 5.97 Å². The Morgan fingerprint density at radius 2 is 2.22 bits per heavy atom. The van der Waals surface area contributed by atoms with E-state index in [4.69, 9.17) is 18.0 Å². The van der Waals surface area contributed by atoms with E-state index < -0.39 is 18.5 Å². The maximum absolute atomic E-state index is 11.5. The van der Waals surface area contributed by atoms with Crippen molar-refractivity contribution in [3.05, 3.63) is 28.8 Å². The largest absolute Gasteiger partial charge is 0.507 e. The van der Waals surface area contributed by atoms with E-state index in [0.717, 1.165) is 0 Å². The van der Waals surface area contributed by atoms with E-state index in [1.54, 1.807) is 0 Å². The molecule has 0 heterocycles. The van der Waals surface area contributed by atoms with Crippen LogP contribution in [0.2, 0.25) is 5.02 Å². The molecule has 0 aliphatic carbocycles. The molecule has 0 aromatic heterocycles. The summed E-state index contributed by atoms with van der Waals surface area (Å²) in [5, 5.41) is 12.0. The standard InChI is InChI=1S/C12H10ClNO4/c1-2-5-14-11(16)7-18-12(17)9-6-8(13)3-4-10(9)15/h1,3-4,6,15H,5,7H2,(H,14,16). The van der Waals surface area contributed by atoms with Gasteiger partial charge in [0.2, 0.25) is 0 Å². The highest BCUT2D eigenvalue weighted by Crippen LogP contribution is 2.22. The molecule has 0 aliphatic rings. The zero-order valence-electron chi connectivity index (χ0n) is 9.27. The lowest BCUT2D eigenvalue weighted by molar-refractivity contribution is -0.123. The fourth-order valence-corrected chi connectivity index (χ4v) is 1.25. The first kappa shape index (κ1) is 13.9. The van der Waals surface area contributed by atoms with Crippen molar-refractivity contribution in [2.45, 2.75) is 0 Å². The van der Waals surface area contributed by atoms with Gasteiger partial charge in [-0.05, 0) is 18.2 Å². The van der Waals surface area contributed by atoms with Crippen LogP contribution < -0.4 is 5.32 Å². The molecule has 18 heavy (non-hydrogen) atoms. The van der Waals surface area contributed by atoms with Gasteiger partial charge in [-0.15, -0.1) is 6.42 Å². The Labute approximate surface area is 109 Å². The molecule has 5 nitrogen and oxygen atoms in total. The summed E-state index contributed by atoms with van der Waals surface area (Å²) in [4.78, 5) is 22.7. The van der Waals surface area contributed by atoms with Gasteiger partial charge in [-0.1, -0.05) is 17.5 Å². The van der Waals surface area contributed by atoms with Crippen molar-refractivity contribution in [2.75, 3.05) is 13.2 Å². The number of hydrogen-bond donors (Lipinski definition) is 2. The Hall–Kier alpha value is -2.19. The molecule has 0 saturated carbocycles. The molecular weight excluding hydrogens is 258 g/mol. The highest BCUT2D eigenvalue weighted by Gasteiger charge is 2.14. The number of nitrogens with one attached hydrogen (secondary N) is 1. The van der Waals surface area contributed by atoms with Crippen LogP contribution in [-0.2, 0) is 9.53 Å². The molecule has 0 aliphatic heterocycles. The summed E-state index contributed by atoms with van der Waals surface area (Å²) in [7, 11) is 0. The van der Waals surface area contributed by atoms with E-state index in [0.29, 0.717) is 0 Å². The summed E-state index contributed by atoms with van der Waals surface area (Å²) in [6.45, 7) is -0.425. The number of carbonyl (C=O) groups excluding carboxylic acids is 2. The first-order valence-corrected chi connectivity index (χ1v) is 5.28. The van der Waals surface area contributed by atoms with Gasteiger partial charge in [0.1, 0.15) is 11.3 Å². The predicted molar refractivity (Wildman–Crippen MR) is 65.2 cm³/mol. The van der Waals surface area contributed by atoms with Crippen molar-refractivity contribution >= 4 is 23.5 Å². The number of phenols is 1. The van der Waals surface area contributed by atoms with Gasteiger partial charge in [-0.25, -0.2) is 4.79 Å². The topological polar surface area (TPSA) is 75.6 Å². The fraction of sp³-hybridized carbons (Fsp3) is 0.167. The second kappa shape index (κ2) is 6.52. The van der Waals surface area contributed by atoms with Crippen molar-refractivity contribution in [1.82, 2.24) is 5.32 Å². The smallest absolute Gasteiger partial charge is 0.342 e. The summed E-state index contributed by atoms with van der Waals surface area (Å²) in [6.07, 6.45) is 4.94. The number of amides is 1. The second-order valence-electron chi connectivity index (χ2n) is 3.22. The van der Waals surface area contributed by atoms with Crippen LogP contribution in [0.4, 0.5) is 0 Å². The van der Waals surface area contributed by atoms with Gasteiger partial charge < -0.3 is 15.2 Å². The summed E-state index contributed by atoms with van der Waals surface area (Å²) in [6, 6.07) is 3.93. The number of rotatable bonds is 4. The maximum atomic E-state index is 11.5. The molecule has 0 saturated heterocycles. The minimum atomic E-state index is -0.842. The number of ether oxygens (including phenoxy) is 1. The molecule has 0 fully saturated rings. The molecule has 6 heteroatoms. The monoisotopic (exact) mass is 267 g/mol. The van der Waals surface area contributed by atoms with Gasteiger partial charge in [0.05, 0.1) is 6.54 Å². The summed E-state index contributed by atoms with van der Waals surface area (Å²) in [5.41, 5.74) is -0.104. The lowest BCUT2D eigenvalue weighted by Gasteiger charge is -2.06. The highest BCUT2D eigenvalue weighted by atomic mass is 35.5.